The van der Waals surface area contributed by atoms with E-state index in [1.807, 2.05) is 0 Å². The molecule has 0 spiro atoms. The molecule has 0 unspecified atom stereocenters. The average Bonchev–Trinajstić information content (AvgIpc) is 2.57. The van der Waals surface area contributed by atoms with Gasteiger partial charge in [0, 0.05) is 5.56 Å². The Balaban J connectivity index is 1.75. The first-order chi connectivity index (χ1) is 11.4. The fourth-order valence-electron chi connectivity index (χ4n) is 2.38. The van der Waals surface area contributed by atoms with Crippen LogP contribution in [0.25, 0.3) is 0 Å². The third kappa shape index (κ3) is 3.15. The Morgan fingerprint density at radius 1 is 1.12 bits per heavy atom. The molecule has 0 aromatic heterocycles. The first-order valence-electron chi connectivity index (χ1n) is 7.06. The van der Waals surface area contributed by atoms with E-state index in [0.29, 0.717) is 11.3 Å². The Morgan fingerprint density at radius 2 is 1.79 bits per heavy atom. The summed E-state index contributed by atoms with van der Waals surface area (Å²) in [5, 5.41) is 7.60. The molecule has 1 heterocycles. The predicted molar refractivity (Wildman–Crippen MR) is 85.3 cm³/mol. The summed E-state index contributed by atoms with van der Waals surface area (Å²) in [6.45, 7) is 0.0385. The van der Waals surface area contributed by atoms with E-state index in [4.69, 9.17) is 9.88 Å². The lowest BCUT2D eigenvalue weighted by atomic mass is 10.0. The Bertz CT molecular complexity index is 906. The number of hydrogen-bond donors (Lipinski definition) is 2. The molecular weight excluding hydrogens is 332 g/mol. The number of carbonyl (C=O) groups excluding carboxylic acids is 2. The summed E-state index contributed by atoms with van der Waals surface area (Å²) < 4.78 is 27.9. The SMILES string of the molecule is NS(=O)(=O)c1ccc(C(=O)N[C@H]2COc3ccccc3C2=O)cc1. The summed E-state index contributed by atoms with van der Waals surface area (Å²) in [7, 11) is -3.82. The lowest BCUT2D eigenvalue weighted by Gasteiger charge is -2.24. The maximum Gasteiger partial charge on any atom is 0.251 e. The van der Waals surface area contributed by atoms with E-state index in [0.717, 1.165) is 0 Å². The van der Waals surface area contributed by atoms with Crippen molar-refractivity contribution in [2.45, 2.75) is 10.9 Å². The number of para-hydroxylation sites is 1. The van der Waals surface area contributed by atoms with Crippen molar-refractivity contribution in [3.8, 4) is 5.75 Å². The van der Waals surface area contributed by atoms with Gasteiger partial charge >= 0.3 is 0 Å². The Hall–Kier alpha value is -2.71. The standard InChI is InChI=1S/C16H14N2O5S/c17-24(21,22)11-7-5-10(6-8-11)16(20)18-13-9-23-14-4-2-1-3-12(14)15(13)19/h1-8,13H,9H2,(H,18,20)(H2,17,21,22)/t13-/m0/s1. The summed E-state index contributed by atoms with van der Waals surface area (Å²) in [6, 6.07) is 11.1. The molecule has 8 heteroatoms. The normalized spacial score (nSPS) is 16.9. The van der Waals surface area contributed by atoms with Gasteiger partial charge in [0.2, 0.25) is 10.0 Å². The zero-order chi connectivity index (χ0) is 17.3. The molecule has 2 aromatic carbocycles. The number of fused-ring (bicyclic) bond motifs is 1. The van der Waals surface area contributed by atoms with Gasteiger partial charge in [-0.05, 0) is 36.4 Å². The van der Waals surface area contributed by atoms with Gasteiger partial charge in [-0.15, -0.1) is 0 Å². The maximum absolute atomic E-state index is 12.4. The van der Waals surface area contributed by atoms with Crippen LogP contribution in [0.3, 0.4) is 0 Å². The fraction of sp³-hybridized carbons (Fsp3) is 0.125. The molecule has 0 bridgehead atoms. The van der Waals surface area contributed by atoms with E-state index in [1.165, 1.54) is 24.3 Å². The summed E-state index contributed by atoms with van der Waals surface area (Å²) >= 11 is 0. The van der Waals surface area contributed by atoms with E-state index in [2.05, 4.69) is 5.32 Å². The number of benzene rings is 2. The van der Waals surface area contributed by atoms with Crippen LogP contribution in [-0.4, -0.2) is 32.8 Å². The number of primary sulfonamides is 1. The molecule has 0 saturated carbocycles. The van der Waals surface area contributed by atoms with Crippen LogP contribution in [0.4, 0.5) is 0 Å². The highest BCUT2D eigenvalue weighted by atomic mass is 32.2. The van der Waals surface area contributed by atoms with Crippen LogP contribution in [0, 0.1) is 0 Å². The Morgan fingerprint density at radius 3 is 2.46 bits per heavy atom. The summed E-state index contributed by atoms with van der Waals surface area (Å²) in [5.41, 5.74) is 0.632. The van der Waals surface area contributed by atoms with Crippen LogP contribution in [0.2, 0.25) is 0 Å². The van der Waals surface area contributed by atoms with Crippen molar-refractivity contribution in [3.63, 3.8) is 0 Å². The molecule has 1 amide bonds. The van der Waals surface area contributed by atoms with Crippen molar-refractivity contribution in [1.29, 1.82) is 0 Å². The number of ketones is 1. The quantitative estimate of drug-likeness (QED) is 0.849. The zero-order valence-corrected chi connectivity index (χ0v) is 13.2. The molecule has 2 aromatic rings. The number of ether oxygens (including phenoxy) is 1. The molecule has 1 aliphatic heterocycles. The van der Waals surface area contributed by atoms with Crippen molar-refractivity contribution < 1.29 is 22.7 Å². The maximum atomic E-state index is 12.4. The smallest absolute Gasteiger partial charge is 0.251 e. The van der Waals surface area contributed by atoms with Crippen LogP contribution < -0.4 is 15.2 Å². The number of Topliss-reactive ketones (excluding diaryl/α,β-unsaturated/α-hetero) is 1. The topological polar surface area (TPSA) is 116 Å². The van der Waals surface area contributed by atoms with Crippen LogP contribution in [-0.2, 0) is 10.0 Å². The van der Waals surface area contributed by atoms with Crippen LogP contribution >= 0.6 is 0 Å². The third-order valence-electron chi connectivity index (χ3n) is 3.62. The average molecular weight is 346 g/mol. The van der Waals surface area contributed by atoms with Gasteiger partial charge in [0.05, 0.1) is 10.5 Å². The van der Waals surface area contributed by atoms with E-state index < -0.39 is 22.0 Å². The molecule has 0 aliphatic carbocycles. The number of sulfonamides is 1. The number of nitrogens with one attached hydrogen (secondary N) is 1. The molecule has 0 fully saturated rings. The molecule has 7 nitrogen and oxygen atoms in total. The lowest BCUT2D eigenvalue weighted by Crippen LogP contribution is -2.47. The van der Waals surface area contributed by atoms with Crippen LogP contribution in [0.5, 0.6) is 5.75 Å². The van der Waals surface area contributed by atoms with Gasteiger partial charge in [0.25, 0.3) is 5.91 Å². The second-order valence-corrected chi connectivity index (χ2v) is 6.83. The van der Waals surface area contributed by atoms with Gasteiger partial charge in [0.1, 0.15) is 18.4 Å². The monoisotopic (exact) mass is 346 g/mol. The minimum atomic E-state index is -3.82. The van der Waals surface area contributed by atoms with Gasteiger partial charge in [-0.3, -0.25) is 9.59 Å². The Kier molecular flexibility index (Phi) is 4.08. The van der Waals surface area contributed by atoms with Crippen molar-refractivity contribution in [2.24, 2.45) is 5.14 Å². The molecule has 0 radical (unpaired) electrons. The highest BCUT2D eigenvalue weighted by Gasteiger charge is 2.30. The second-order valence-electron chi connectivity index (χ2n) is 5.27. The summed E-state index contributed by atoms with van der Waals surface area (Å²) in [6.07, 6.45) is 0. The molecule has 3 rings (SSSR count). The van der Waals surface area contributed by atoms with Crippen molar-refractivity contribution in [3.05, 3.63) is 59.7 Å². The van der Waals surface area contributed by atoms with Gasteiger partial charge in [-0.1, -0.05) is 12.1 Å². The second kappa shape index (κ2) is 6.06. The highest BCUT2D eigenvalue weighted by molar-refractivity contribution is 7.89. The number of rotatable bonds is 3. The van der Waals surface area contributed by atoms with E-state index in [-0.39, 0.29) is 22.8 Å². The van der Waals surface area contributed by atoms with Crippen molar-refractivity contribution in [2.75, 3.05) is 6.61 Å². The zero-order valence-electron chi connectivity index (χ0n) is 12.4. The van der Waals surface area contributed by atoms with E-state index in [1.54, 1.807) is 24.3 Å². The largest absolute Gasteiger partial charge is 0.490 e. The van der Waals surface area contributed by atoms with Crippen molar-refractivity contribution >= 4 is 21.7 Å². The number of hydrogen-bond acceptors (Lipinski definition) is 5. The number of amides is 1. The first kappa shape index (κ1) is 16.2. The number of carbonyl (C=O) groups is 2. The summed E-state index contributed by atoms with van der Waals surface area (Å²) in [5.74, 6) is -0.242. The molecule has 1 aliphatic rings. The van der Waals surface area contributed by atoms with Gasteiger partial charge in [-0.25, -0.2) is 13.6 Å². The molecule has 124 valence electrons. The summed E-state index contributed by atoms with van der Waals surface area (Å²) in [4.78, 5) is 24.5. The molecule has 3 N–H and O–H groups in total. The van der Waals surface area contributed by atoms with Gasteiger partial charge in [0.15, 0.2) is 5.78 Å². The Labute approximate surface area is 138 Å². The fourth-order valence-corrected chi connectivity index (χ4v) is 2.89. The molecule has 0 saturated heterocycles. The van der Waals surface area contributed by atoms with E-state index >= 15 is 0 Å². The third-order valence-corrected chi connectivity index (χ3v) is 4.55. The predicted octanol–water partition coefficient (Wildman–Crippen LogP) is 0.708. The minimum Gasteiger partial charge on any atom is -0.490 e. The molecule has 1 atom stereocenters. The van der Waals surface area contributed by atoms with E-state index in [9.17, 15) is 18.0 Å². The van der Waals surface area contributed by atoms with Gasteiger partial charge < -0.3 is 10.1 Å². The highest BCUT2D eigenvalue weighted by Crippen LogP contribution is 2.24. The van der Waals surface area contributed by atoms with Gasteiger partial charge in [-0.2, -0.15) is 0 Å². The first-order valence-corrected chi connectivity index (χ1v) is 8.60. The molecule has 24 heavy (non-hydrogen) atoms. The number of nitrogens with two attached hydrogens (primary N) is 1. The van der Waals surface area contributed by atoms with Crippen molar-refractivity contribution in [1.82, 2.24) is 5.32 Å². The lowest BCUT2D eigenvalue weighted by molar-refractivity contribution is 0.0795. The minimum absolute atomic E-state index is 0.0385. The van der Waals surface area contributed by atoms with Crippen LogP contribution in [0.15, 0.2) is 53.4 Å². The molecular formula is C16H14N2O5S. The van der Waals surface area contributed by atoms with Crippen LogP contribution in [0.1, 0.15) is 20.7 Å².